The second-order valence-electron chi connectivity index (χ2n) is 10.9. The number of anilines is 2. The molecule has 0 spiro atoms. The van der Waals surface area contributed by atoms with Gasteiger partial charge in [-0.05, 0) is 56.4 Å². The normalized spacial score (nSPS) is 16.9. The number of aromatic nitrogens is 2. The van der Waals surface area contributed by atoms with Gasteiger partial charge in [-0.1, -0.05) is 23.8 Å². The van der Waals surface area contributed by atoms with Crippen molar-refractivity contribution in [3.8, 4) is 11.1 Å². The maximum absolute atomic E-state index is 12.5. The van der Waals surface area contributed by atoms with E-state index in [-0.39, 0.29) is 12.7 Å². The van der Waals surface area contributed by atoms with Crippen LogP contribution in [0.2, 0.25) is 0 Å². The van der Waals surface area contributed by atoms with E-state index in [0.29, 0.717) is 12.3 Å². The van der Waals surface area contributed by atoms with Gasteiger partial charge >= 0.3 is 12.1 Å². The Morgan fingerprint density at radius 3 is 2.57 bits per heavy atom. The van der Waals surface area contributed by atoms with E-state index < -0.39 is 12.1 Å². The van der Waals surface area contributed by atoms with Crippen LogP contribution in [-0.2, 0) is 14.3 Å². The molecule has 2 aromatic heterocycles. The summed E-state index contributed by atoms with van der Waals surface area (Å²) >= 11 is 1.63. The van der Waals surface area contributed by atoms with Crippen molar-refractivity contribution in [1.29, 1.82) is 0 Å². The summed E-state index contributed by atoms with van der Waals surface area (Å²) in [4.78, 5) is 37.1. The number of benzene rings is 1. The number of carboxylic acids is 1. The molecule has 12 heteroatoms. The molecule has 3 heterocycles. The van der Waals surface area contributed by atoms with Crippen LogP contribution in [0.3, 0.4) is 0 Å². The molecule has 3 N–H and O–H groups in total. The lowest BCUT2D eigenvalue weighted by Gasteiger charge is -2.34. The quantitative estimate of drug-likeness (QED) is 0.254. The molecular formula is C30H40N6O5S. The highest BCUT2D eigenvalue weighted by Crippen LogP contribution is 2.32. The van der Waals surface area contributed by atoms with E-state index in [4.69, 9.17) is 19.6 Å². The number of carbonyl (C=O) groups is 2. The number of rotatable bonds is 12. The second-order valence-corrected chi connectivity index (χ2v) is 11.9. The van der Waals surface area contributed by atoms with E-state index in [9.17, 15) is 9.59 Å². The molecule has 2 aliphatic rings. The van der Waals surface area contributed by atoms with Gasteiger partial charge in [0.05, 0.1) is 28.2 Å². The first-order chi connectivity index (χ1) is 20.4. The molecule has 226 valence electrons. The van der Waals surface area contributed by atoms with Crippen LogP contribution >= 0.6 is 11.3 Å². The Bertz CT molecular complexity index is 1350. The van der Waals surface area contributed by atoms with Gasteiger partial charge in [0.15, 0.2) is 5.13 Å². The number of piperazine rings is 1. The Balaban J connectivity index is 1.10. The van der Waals surface area contributed by atoms with Gasteiger partial charge in [-0.3, -0.25) is 20.1 Å². The van der Waals surface area contributed by atoms with E-state index in [2.05, 4.69) is 31.5 Å². The number of ether oxygens (including phenoxy) is 2. The van der Waals surface area contributed by atoms with Gasteiger partial charge in [-0.15, -0.1) is 0 Å². The van der Waals surface area contributed by atoms with E-state index in [0.717, 1.165) is 104 Å². The fraction of sp³-hybridized carbons (Fsp3) is 0.533. The van der Waals surface area contributed by atoms with Crippen LogP contribution < -0.4 is 10.6 Å². The molecule has 1 aliphatic heterocycles. The standard InChI is InChI=1S/C30H40N6O5S/c1-21-26(34-30(39)41-24-5-3-2-4-6-24)17-23(19-32-21)22-7-8-25-27(18-22)42-29(33-25)31-9-10-35-11-13-36(14-12-35)15-16-40-20-28(37)38/h7-8,17-19,24H,2-6,9-16,20H2,1H3,(H,31,33)(H,34,39)(H,37,38). The van der Waals surface area contributed by atoms with Crippen LogP contribution in [-0.4, -0.2) is 102 Å². The Kier molecular flexibility index (Phi) is 10.6. The van der Waals surface area contributed by atoms with Crippen molar-refractivity contribution in [3.05, 3.63) is 36.2 Å². The number of thiazole rings is 1. The van der Waals surface area contributed by atoms with Crippen molar-refractivity contribution in [2.45, 2.75) is 45.1 Å². The molecule has 11 nitrogen and oxygen atoms in total. The molecule has 1 aliphatic carbocycles. The van der Waals surface area contributed by atoms with Gasteiger partial charge in [0.25, 0.3) is 0 Å². The summed E-state index contributed by atoms with van der Waals surface area (Å²) in [7, 11) is 0. The summed E-state index contributed by atoms with van der Waals surface area (Å²) in [6.07, 6.45) is 6.71. The number of aryl methyl sites for hydroxylation is 1. The van der Waals surface area contributed by atoms with E-state index >= 15 is 0 Å². The minimum absolute atomic E-state index is 0.000539. The van der Waals surface area contributed by atoms with E-state index in [1.807, 2.05) is 31.3 Å². The molecular weight excluding hydrogens is 556 g/mol. The number of nitrogens with zero attached hydrogens (tertiary/aromatic N) is 4. The van der Waals surface area contributed by atoms with Crippen molar-refractivity contribution in [2.24, 2.45) is 0 Å². The molecule has 42 heavy (non-hydrogen) atoms. The lowest BCUT2D eigenvalue weighted by Crippen LogP contribution is -2.48. The van der Waals surface area contributed by atoms with Gasteiger partial charge in [-0.2, -0.15) is 0 Å². The second kappa shape index (κ2) is 14.7. The van der Waals surface area contributed by atoms with Gasteiger partial charge < -0.3 is 19.9 Å². The van der Waals surface area contributed by atoms with Crippen molar-refractivity contribution in [2.75, 3.05) is 69.7 Å². The average molecular weight is 597 g/mol. The number of amides is 1. The number of fused-ring (bicyclic) bond motifs is 1. The first kappa shape index (κ1) is 30.1. The molecule has 1 saturated carbocycles. The fourth-order valence-electron chi connectivity index (χ4n) is 5.38. The largest absolute Gasteiger partial charge is 0.480 e. The zero-order valence-corrected chi connectivity index (χ0v) is 25.0. The highest BCUT2D eigenvalue weighted by atomic mass is 32.1. The fourth-order valence-corrected chi connectivity index (χ4v) is 6.31. The summed E-state index contributed by atoms with van der Waals surface area (Å²) < 4.78 is 11.9. The highest BCUT2D eigenvalue weighted by Gasteiger charge is 2.19. The lowest BCUT2D eigenvalue weighted by atomic mass is 9.98. The molecule has 1 aromatic carbocycles. The number of carbonyl (C=O) groups excluding carboxylic acids is 1. The number of pyridine rings is 1. The first-order valence-electron chi connectivity index (χ1n) is 14.8. The lowest BCUT2D eigenvalue weighted by molar-refractivity contribution is -0.142. The Morgan fingerprint density at radius 2 is 1.81 bits per heavy atom. The van der Waals surface area contributed by atoms with Crippen molar-refractivity contribution >= 4 is 44.4 Å². The van der Waals surface area contributed by atoms with Crippen LogP contribution in [0, 0.1) is 6.92 Å². The summed E-state index contributed by atoms with van der Waals surface area (Å²) in [6.45, 7) is 8.44. The van der Waals surface area contributed by atoms with Crippen LogP contribution in [0.5, 0.6) is 0 Å². The molecule has 0 radical (unpaired) electrons. The van der Waals surface area contributed by atoms with E-state index in [1.165, 1.54) is 6.42 Å². The Hall–Kier alpha value is -3.32. The molecule has 2 fully saturated rings. The number of hydrogen-bond donors (Lipinski definition) is 3. The SMILES string of the molecule is Cc1ncc(-c2ccc3nc(NCCN4CCN(CCOCC(=O)O)CC4)sc3c2)cc1NC(=O)OC1CCCCC1. The van der Waals surface area contributed by atoms with Crippen LogP contribution in [0.4, 0.5) is 15.6 Å². The molecule has 0 bridgehead atoms. The zero-order valence-electron chi connectivity index (χ0n) is 24.1. The molecule has 3 aromatic rings. The van der Waals surface area contributed by atoms with Gasteiger partial charge in [0, 0.05) is 57.6 Å². The van der Waals surface area contributed by atoms with Crippen LogP contribution in [0.15, 0.2) is 30.5 Å². The third-order valence-electron chi connectivity index (χ3n) is 7.82. The number of aliphatic carboxylic acids is 1. The number of nitrogens with one attached hydrogen (secondary N) is 2. The summed E-state index contributed by atoms with van der Waals surface area (Å²) in [5.74, 6) is -0.930. The number of carboxylic acid groups (broad SMARTS) is 1. The highest BCUT2D eigenvalue weighted by molar-refractivity contribution is 7.22. The summed E-state index contributed by atoms with van der Waals surface area (Å²) in [5.41, 5.74) is 4.29. The van der Waals surface area contributed by atoms with Gasteiger partial charge in [-0.25, -0.2) is 14.6 Å². The molecule has 0 atom stereocenters. The number of hydrogen-bond acceptors (Lipinski definition) is 10. The van der Waals surface area contributed by atoms with Crippen molar-refractivity contribution in [1.82, 2.24) is 19.8 Å². The smallest absolute Gasteiger partial charge is 0.411 e. The van der Waals surface area contributed by atoms with Crippen LogP contribution in [0.1, 0.15) is 37.8 Å². The third kappa shape index (κ3) is 8.60. The first-order valence-corrected chi connectivity index (χ1v) is 15.6. The maximum Gasteiger partial charge on any atom is 0.411 e. The van der Waals surface area contributed by atoms with Crippen LogP contribution in [0.25, 0.3) is 21.3 Å². The monoisotopic (exact) mass is 596 g/mol. The molecule has 0 unspecified atom stereocenters. The molecule has 5 rings (SSSR count). The molecule has 1 saturated heterocycles. The molecule has 1 amide bonds. The summed E-state index contributed by atoms with van der Waals surface area (Å²) in [5, 5.41) is 15.9. The minimum atomic E-state index is -0.930. The Morgan fingerprint density at radius 1 is 1.05 bits per heavy atom. The minimum Gasteiger partial charge on any atom is -0.480 e. The predicted molar refractivity (Wildman–Crippen MR) is 164 cm³/mol. The van der Waals surface area contributed by atoms with E-state index in [1.54, 1.807) is 11.3 Å². The van der Waals surface area contributed by atoms with Gasteiger partial charge in [0.2, 0.25) is 0 Å². The predicted octanol–water partition coefficient (Wildman–Crippen LogP) is 4.68. The van der Waals surface area contributed by atoms with Crippen molar-refractivity contribution < 1.29 is 24.2 Å². The third-order valence-corrected chi connectivity index (χ3v) is 8.79. The maximum atomic E-state index is 12.5. The summed E-state index contributed by atoms with van der Waals surface area (Å²) in [6, 6.07) is 8.13. The Labute approximate surface area is 250 Å². The zero-order chi connectivity index (χ0) is 29.3. The topological polar surface area (TPSA) is 129 Å². The van der Waals surface area contributed by atoms with Gasteiger partial charge in [0.1, 0.15) is 12.7 Å². The average Bonchev–Trinajstić information content (AvgIpc) is 3.40. The van der Waals surface area contributed by atoms with Crippen molar-refractivity contribution in [3.63, 3.8) is 0 Å².